The lowest BCUT2D eigenvalue weighted by molar-refractivity contribution is 0.704. The smallest absolute Gasteiger partial charge is 0.119 e. The number of nitrogens with one attached hydrogen (secondary N) is 2. The van der Waals surface area contributed by atoms with Crippen LogP contribution in [0.25, 0.3) is 10.9 Å². The van der Waals surface area contributed by atoms with Crippen molar-refractivity contribution in [2.45, 2.75) is 43.7 Å². The van der Waals surface area contributed by atoms with Gasteiger partial charge in [-0.25, -0.2) is 0 Å². The average molecular weight is 569 g/mol. The number of pyridine rings is 1. The summed E-state index contributed by atoms with van der Waals surface area (Å²) in [5.74, 6) is 0.321. The highest BCUT2D eigenvalue weighted by Gasteiger charge is 2.46. The van der Waals surface area contributed by atoms with Crippen molar-refractivity contribution in [3.63, 3.8) is 0 Å². The van der Waals surface area contributed by atoms with Crippen LogP contribution in [0.5, 0.6) is 0 Å². The molecule has 1 aliphatic heterocycles. The maximum Gasteiger partial charge on any atom is 0.119 e. The minimum Gasteiger partial charge on any atom is -0.379 e. The van der Waals surface area contributed by atoms with E-state index < -0.39 is 5.44 Å². The summed E-state index contributed by atoms with van der Waals surface area (Å²) >= 11 is 6.82. The molecule has 0 saturated heterocycles. The summed E-state index contributed by atoms with van der Waals surface area (Å²) in [7, 11) is 7.20. The lowest BCUT2D eigenvalue weighted by atomic mass is 9.66. The number of hydrogen-bond donors (Lipinski definition) is 2. The number of hydrogen-bond acceptors (Lipinski definition) is 8. The minimum atomic E-state index is -1.34. The highest BCUT2D eigenvalue weighted by Crippen LogP contribution is 2.42. The van der Waals surface area contributed by atoms with Crippen LogP contribution in [0, 0.1) is 28.6 Å². The normalized spacial score (nSPS) is 18.0. The molecule has 0 spiro atoms. The molecule has 1 fully saturated rings. The van der Waals surface area contributed by atoms with Gasteiger partial charge in [0.25, 0.3) is 0 Å². The average Bonchev–Trinajstić information content (AvgIpc) is 3.75. The fourth-order valence-corrected chi connectivity index (χ4v) is 5.75. The first-order chi connectivity index (χ1) is 20.4. The number of rotatable bonds is 9. The van der Waals surface area contributed by atoms with Crippen molar-refractivity contribution in [3.05, 3.63) is 100 Å². The summed E-state index contributed by atoms with van der Waals surface area (Å²) in [4.78, 5) is 4.51. The number of anilines is 2. The Bertz CT molecular complexity index is 1810. The molecular weight excluding hydrogens is 543 g/mol. The Kier molecular flexibility index (Phi) is 7.37. The van der Waals surface area contributed by atoms with Gasteiger partial charge in [0.05, 0.1) is 50.6 Å². The van der Waals surface area contributed by atoms with Crippen LogP contribution < -0.4 is 10.6 Å². The molecule has 1 aliphatic carbocycles. The molecule has 0 amide bonds. The van der Waals surface area contributed by atoms with E-state index in [2.05, 4.69) is 62.3 Å². The second-order valence-electron chi connectivity index (χ2n) is 10.6. The molecule has 1 saturated carbocycles. The van der Waals surface area contributed by atoms with Gasteiger partial charge in [-0.05, 0) is 65.8 Å². The Balaban J connectivity index is 1.47. The molecule has 2 heterocycles. The lowest BCUT2D eigenvalue weighted by Gasteiger charge is -2.35. The monoisotopic (exact) mass is 568 g/mol. The van der Waals surface area contributed by atoms with Gasteiger partial charge in [-0.3, -0.25) is 4.98 Å². The molecule has 2 N–H and O–H groups in total. The SMILES string of the molecule is [B]C(Nc1cc(Cl)c2ncc(C#N)c(N[C@H](CC)c3ccccc3)c2c1)(C1=NN=NC1C1CC1)c1cccc(C#N)c1. The van der Waals surface area contributed by atoms with Crippen LogP contribution in [0.15, 0.2) is 88.4 Å². The van der Waals surface area contributed by atoms with Gasteiger partial charge in [-0.2, -0.15) is 15.6 Å². The van der Waals surface area contributed by atoms with Gasteiger partial charge in [-0.15, -0.1) is 5.10 Å². The summed E-state index contributed by atoms with van der Waals surface area (Å²) < 4.78 is 0. The summed E-state index contributed by atoms with van der Waals surface area (Å²) in [5.41, 5.74) is 3.64. The fourth-order valence-electron chi connectivity index (χ4n) is 5.48. The lowest BCUT2D eigenvalue weighted by Crippen LogP contribution is -2.48. The van der Waals surface area contributed by atoms with Crippen molar-refractivity contribution in [1.29, 1.82) is 10.5 Å². The summed E-state index contributed by atoms with van der Waals surface area (Å²) in [5, 5.41) is 40.5. The van der Waals surface area contributed by atoms with Gasteiger partial charge >= 0.3 is 0 Å². The summed E-state index contributed by atoms with van der Waals surface area (Å²) in [6, 6.07) is 25.0. The highest BCUT2D eigenvalue weighted by molar-refractivity contribution is 6.36. The van der Waals surface area contributed by atoms with Crippen molar-refractivity contribution < 1.29 is 0 Å². The van der Waals surface area contributed by atoms with E-state index in [4.69, 9.17) is 19.4 Å². The Hall–Kier alpha value is -4.73. The van der Waals surface area contributed by atoms with Gasteiger partial charge in [0, 0.05) is 17.3 Å². The van der Waals surface area contributed by atoms with Crippen molar-refractivity contribution in [2.75, 3.05) is 10.6 Å². The Morgan fingerprint density at radius 3 is 2.60 bits per heavy atom. The topological polar surface area (TPSA) is 122 Å². The van der Waals surface area contributed by atoms with Crippen LogP contribution in [0.4, 0.5) is 11.4 Å². The van der Waals surface area contributed by atoms with E-state index in [1.807, 2.05) is 30.3 Å². The van der Waals surface area contributed by atoms with E-state index in [-0.39, 0.29) is 12.1 Å². The third-order valence-electron chi connectivity index (χ3n) is 7.84. The number of nitriles is 2. The first-order valence-corrected chi connectivity index (χ1v) is 14.2. The van der Waals surface area contributed by atoms with Crippen molar-refractivity contribution in [1.82, 2.24) is 4.98 Å². The largest absolute Gasteiger partial charge is 0.379 e. The van der Waals surface area contributed by atoms with E-state index in [1.165, 1.54) is 0 Å². The molecule has 1 aromatic heterocycles. The summed E-state index contributed by atoms with van der Waals surface area (Å²) in [6.07, 6.45) is 4.38. The van der Waals surface area contributed by atoms with Crippen molar-refractivity contribution in [2.24, 2.45) is 21.4 Å². The van der Waals surface area contributed by atoms with Crippen LogP contribution >= 0.6 is 11.6 Å². The molecule has 3 atom stereocenters. The zero-order valence-electron chi connectivity index (χ0n) is 22.9. The minimum absolute atomic E-state index is 0.0445. The van der Waals surface area contributed by atoms with E-state index in [0.717, 1.165) is 24.8 Å². The molecule has 3 aromatic carbocycles. The number of aromatic nitrogens is 1. The van der Waals surface area contributed by atoms with Crippen molar-refractivity contribution in [3.8, 4) is 12.1 Å². The third kappa shape index (κ3) is 5.08. The molecule has 0 bridgehead atoms. The van der Waals surface area contributed by atoms with Crippen LogP contribution in [-0.4, -0.2) is 24.6 Å². The molecule has 2 unspecified atom stereocenters. The van der Waals surface area contributed by atoms with Crippen molar-refractivity contribution >= 4 is 47.4 Å². The van der Waals surface area contributed by atoms with E-state index in [0.29, 0.717) is 55.6 Å². The van der Waals surface area contributed by atoms with Gasteiger partial charge in [0.1, 0.15) is 20.0 Å². The number of fused-ring (bicyclic) bond motifs is 1. The van der Waals surface area contributed by atoms with Crippen LogP contribution in [-0.2, 0) is 5.44 Å². The first-order valence-electron chi connectivity index (χ1n) is 13.8. The molecule has 2 aliphatic rings. The quantitative estimate of drug-likeness (QED) is 0.206. The molecule has 42 heavy (non-hydrogen) atoms. The van der Waals surface area contributed by atoms with Crippen LogP contribution in [0.1, 0.15) is 54.5 Å². The van der Waals surface area contributed by atoms with Gasteiger partial charge in [0.15, 0.2) is 0 Å². The highest BCUT2D eigenvalue weighted by atomic mass is 35.5. The maximum absolute atomic E-state index is 10.0. The number of benzene rings is 3. The Morgan fingerprint density at radius 1 is 1.07 bits per heavy atom. The standard InChI is InChI=1S/C32H26BClN8/c1-2-27(20-8-4-3-5-9-20)38-28-22(17-36)18-37-30-25(28)14-24(15-26(30)34)39-32(33,23-10-6-7-19(13-23)16-35)31-29(21-11-12-21)40-42-41-31/h3-10,13-15,18,21,27,29,39H,2,11-12H2,1H3,(H,37,38)/t27-,29?,32?/m1/s1. The number of halogens is 1. The van der Waals surface area contributed by atoms with Gasteiger partial charge < -0.3 is 10.6 Å². The van der Waals surface area contributed by atoms with Gasteiger partial charge in [-0.1, -0.05) is 61.0 Å². The molecule has 6 rings (SSSR count). The Labute approximate surface area is 250 Å². The van der Waals surface area contributed by atoms with E-state index in [9.17, 15) is 10.5 Å². The molecule has 4 aromatic rings. The molecule has 8 nitrogen and oxygen atoms in total. The first kappa shape index (κ1) is 27.4. The second-order valence-corrected chi connectivity index (χ2v) is 11.0. The zero-order chi connectivity index (χ0) is 29.3. The molecular formula is C32H26BClN8. The zero-order valence-corrected chi connectivity index (χ0v) is 23.7. The third-order valence-corrected chi connectivity index (χ3v) is 8.13. The van der Waals surface area contributed by atoms with Crippen LogP contribution in [0.2, 0.25) is 5.02 Å². The molecule has 204 valence electrons. The Morgan fingerprint density at radius 2 is 1.88 bits per heavy atom. The molecule has 2 radical (unpaired) electrons. The number of nitrogens with zero attached hydrogens (tertiary/aromatic N) is 6. The molecule has 10 heteroatoms. The van der Waals surface area contributed by atoms with Crippen LogP contribution in [0.3, 0.4) is 0 Å². The van der Waals surface area contributed by atoms with E-state index >= 15 is 0 Å². The van der Waals surface area contributed by atoms with E-state index in [1.54, 1.807) is 30.5 Å². The predicted octanol–water partition coefficient (Wildman–Crippen LogP) is 7.23. The fraction of sp³-hybridized carbons (Fsp3) is 0.250. The maximum atomic E-state index is 10.0. The predicted molar refractivity (Wildman–Crippen MR) is 166 cm³/mol. The van der Waals surface area contributed by atoms with Gasteiger partial charge in [0.2, 0.25) is 0 Å². The summed E-state index contributed by atoms with van der Waals surface area (Å²) in [6.45, 7) is 2.09. The second kappa shape index (κ2) is 11.3.